The number of nitriles is 1. The molecule has 1 atom stereocenters. The number of unbranched alkanes of at least 4 members (excludes halogenated alkanes) is 1. The molecule has 0 aromatic carbocycles. The van der Waals surface area contributed by atoms with Gasteiger partial charge in [-0.25, -0.2) is 0 Å². The third-order valence-electron chi connectivity index (χ3n) is 3.86. The molecule has 18 heavy (non-hydrogen) atoms. The second-order valence-electron chi connectivity index (χ2n) is 6.04. The molecule has 0 aliphatic heterocycles. The van der Waals surface area contributed by atoms with Crippen LogP contribution in [0.1, 0.15) is 59.8 Å². The molecule has 0 aromatic heterocycles. The molecular weight excluding hydrogens is 222 g/mol. The molecule has 1 aliphatic rings. The summed E-state index contributed by atoms with van der Waals surface area (Å²) < 4.78 is 0. The molecule has 0 spiro atoms. The van der Waals surface area contributed by atoms with Gasteiger partial charge in [0.2, 0.25) is 0 Å². The lowest BCUT2D eigenvalue weighted by Crippen LogP contribution is -2.42. The molecule has 0 aromatic rings. The van der Waals surface area contributed by atoms with Crippen LogP contribution in [0.15, 0.2) is 0 Å². The van der Waals surface area contributed by atoms with E-state index in [0.29, 0.717) is 12.1 Å². The van der Waals surface area contributed by atoms with Gasteiger partial charge in [0.15, 0.2) is 0 Å². The van der Waals surface area contributed by atoms with Crippen LogP contribution in [-0.2, 0) is 0 Å². The summed E-state index contributed by atoms with van der Waals surface area (Å²) in [4.78, 5) is 2.48. The van der Waals surface area contributed by atoms with Gasteiger partial charge in [-0.2, -0.15) is 5.26 Å². The van der Waals surface area contributed by atoms with E-state index in [4.69, 9.17) is 0 Å². The highest BCUT2D eigenvalue weighted by Gasteiger charge is 2.31. The van der Waals surface area contributed by atoms with E-state index in [0.717, 1.165) is 25.9 Å². The highest BCUT2D eigenvalue weighted by atomic mass is 15.1. The molecule has 0 amide bonds. The van der Waals surface area contributed by atoms with Crippen molar-refractivity contribution in [3.63, 3.8) is 0 Å². The van der Waals surface area contributed by atoms with E-state index >= 15 is 0 Å². The van der Waals surface area contributed by atoms with Gasteiger partial charge in [-0.05, 0) is 66.0 Å². The molecule has 1 unspecified atom stereocenters. The van der Waals surface area contributed by atoms with Gasteiger partial charge < -0.3 is 4.90 Å². The summed E-state index contributed by atoms with van der Waals surface area (Å²) in [5.74, 6) is 0. The van der Waals surface area contributed by atoms with E-state index in [1.165, 1.54) is 19.3 Å². The van der Waals surface area contributed by atoms with Crippen LogP contribution in [0.2, 0.25) is 0 Å². The average Bonchev–Trinajstić information content (AvgIpc) is 3.12. The summed E-state index contributed by atoms with van der Waals surface area (Å²) >= 11 is 0. The summed E-state index contributed by atoms with van der Waals surface area (Å²) in [6.45, 7) is 11.0. The SMILES string of the molecule is CCN(CCCCC(C)(C#N)NC1CC1)C(C)C. The lowest BCUT2D eigenvalue weighted by molar-refractivity contribution is 0.225. The van der Waals surface area contributed by atoms with Gasteiger partial charge in [0.1, 0.15) is 5.54 Å². The van der Waals surface area contributed by atoms with Crippen LogP contribution < -0.4 is 5.32 Å². The Morgan fingerprint density at radius 3 is 2.50 bits per heavy atom. The highest BCUT2D eigenvalue weighted by Crippen LogP contribution is 2.24. The van der Waals surface area contributed by atoms with Crippen LogP contribution in [0.5, 0.6) is 0 Å². The molecule has 1 N–H and O–H groups in total. The second-order valence-corrected chi connectivity index (χ2v) is 6.04. The second kappa shape index (κ2) is 7.11. The Kier molecular flexibility index (Phi) is 6.11. The summed E-state index contributed by atoms with van der Waals surface area (Å²) in [6.07, 6.45) is 5.78. The third-order valence-corrected chi connectivity index (χ3v) is 3.86. The van der Waals surface area contributed by atoms with Crippen LogP contribution >= 0.6 is 0 Å². The number of hydrogen-bond donors (Lipinski definition) is 1. The van der Waals surface area contributed by atoms with E-state index in [1.54, 1.807) is 0 Å². The van der Waals surface area contributed by atoms with Crippen molar-refractivity contribution in [3.8, 4) is 6.07 Å². The van der Waals surface area contributed by atoms with Crippen molar-refractivity contribution < 1.29 is 0 Å². The Bertz CT molecular complexity index is 278. The molecule has 3 nitrogen and oxygen atoms in total. The Morgan fingerprint density at radius 1 is 1.39 bits per heavy atom. The van der Waals surface area contributed by atoms with Gasteiger partial charge in [0.25, 0.3) is 0 Å². The molecule has 0 heterocycles. The third kappa shape index (κ3) is 5.37. The average molecular weight is 251 g/mol. The molecule has 0 saturated heterocycles. The minimum Gasteiger partial charge on any atom is -0.301 e. The number of nitrogens with one attached hydrogen (secondary N) is 1. The van der Waals surface area contributed by atoms with Gasteiger partial charge in [-0.15, -0.1) is 0 Å². The molecule has 1 saturated carbocycles. The summed E-state index contributed by atoms with van der Waals surface area (Å²) in [5, 5.41) is 12.7. The maximum absolute atomic E-state index is 9.28. The Hall–Kier alpha value is -0.590. The number of rotatable bonds is 9. The van der Waals surface area contributed by atoms with Gasteiger partial charge in [-0.1, -0.05) is 6.92 Å². The predicted octanol–water partition coefficient (Wildman–Crippen LogP) is 2.92. The topological polar surface area (TPSA) is 39.1 Å². The van der Waals surface area contributed by atoms with Crippen LogP contribution in [0.4, 0.5) is 0 Å². The molecule has 0 bridgehead atoms. The fourth-order valence-corrected chi connectivity index (χ4v) is 2.41. The zero-order valence-electron chi connectivity index (χ0n) is 12.5. The lowest BCUT2D eigenvalue weighted by atomic mass is 9.96. The van der Waals surface area contributed by atoms with Gasteiger partial charge in [-0.3, -0.25) is 5.32 Å². The first-order valence-corrected chi connectivity index (χ1v) is 7.43. The highest BCUT2D eigenvalue weighted by molar-refractivity contribution is 5.06. The summed E-state index contributed by atoms with van der Waals surface area (Å²) in [7, 11) is 0. The van der Waals surface area contributed by atoms with Crippen LogP contribution in [-0.4, -0.2) is 35.6 Å². The van der Waals surface area contributed by atoms with Crippen molar-refractivity contribution in [1.29, 1.82) is 5.26 Å². The molecule has 1 rings (SSSR count). The maximum atomic E-state index is 9.28. The lowest BCUT2D eigenvalue weighted by Gasteiger charge is -2.26. The van der Waals surface area contributed by atoms with E-state index < -0.39 is 0 Å². The number of nitrogens with zero attached hydrogens (tertiary/aromatic N) is 2. The number of hydrogen-bond acceptors (Lipinski definition) is 3. The standard InChI is InChI=1S/C15H29N3/c1-5-18(13(2)3)11-7-6-10-15(4,12-16)17-14-8-9-14/h13-14,17H,5-11H2,1-4H3. The first-order chi connectivity index (χ1) is 8.50. The summed E-state index contributed by atoms with van der Waals surface area (Å²) in [6, 6.07) is 3.69. The van der Waals surface area contributed by atoms with Crippen molar-refractivity contribution in [3.05, 3.63) is 0 Å². The molecule has 3 heteroatoms. The maximum Gasteiger partial charge on any atom is 0.104 e. The molecule has 104 valence electrons. The van der Waals surface area contributed by atoms with Gasteiger partial charge in [0.05, 0.1) is 6.07 Å². The van der Waals surface area contributed by atoms with Crippen molar-refractivity contribution in [2.75, 3.05) is 13.1 Å². The van der Waals surface area contributed by atoms with Crippen molar-refractivity contribution in [2.45, 2.75) is 77.4 Å². The molecule has 1 fully saturated rings. The van der Waals surface area contributed by atoms with Gasteiger partial charge >= 0.3 is 0 Å². The molecular formula is C15H29N3. The Balaban J connectivity index is 2.20. The van der Waals surface area contributed by atoms with E-state index in [2.05, 4.69) is 37.1 Å². The fraction of sp³-hybridized carbons (Fsp3) is 0.933. The van der Waals surface area contributed by atoms with Crippen LogP contribution in [0, 0.1) is 11.3 Å². The normalized spacial score (nSPS) is 18.9. The zero-order chi connectivity index (χ0) is 13.6. The van der Waals surface area contributed by atoms with E-state index in [1.807, 2.05) is 6.92 Å². The summed E-state index contributed by atoms with van der Waals surface area (Å²) in [5.41, 5.74) is -0.309. The Labute approximate surface area is 113 Å². The minimum atomic E-state index is -0.309. The largest absolute Gasteiger partial charge is 0.301 e. The minimum absolute atomic E-state index is 0.309. The quantitative estimate of drug-likeness (QED) is 0.640. The van der Waals surface area contributed by atoms with E-state index in [-0.39, 0.29) is 5.54 Å². The fourth-order valence-electron chi connectivity index (χ4n) is 2.41. The van der Waals surface area contributed by atoms with E-state index in [9.17, 15) is 5.26 Å². The van der Waals surface area contributed by atoms with Crippen molar-refractivity contribution in [1.82, 2.24) is 10.2 Å². The van der Waals surface area contributed by atoms with Crippen molar-refractivity contribution in [2.24, 2.45) is 0 Å². The first-order valence-electron chi connectivity index (χ1n) is 7.43. The van der Waals surface area contributed by atoms with Crippen LogP contribution in [0.25, 0.3) is 0 Å². The van der Waals surface area contributed by atoms with Crippen molar-refractivity contribution >= 4 is 0 Å². The first kappa shape index (κ1) is 15.5. The van der Waals surface area contributed by atoms with Crippen LogP contribution in [0.3, 0.4) is 0 Å². The smallest absolute Gasteiger partial charge is 0.104 e. The zero-order valence-corrected chi connectivity index (χ0v) is 12.5. The monoisotopic (exact) mass is 251 g/mol. The Morgan fingerprint density at radius 2 is 2.06 bits per heavy atom. The molecule has 0 radical (unpaired) electrons. The molecule has 1 aliphatic carbocycles. The predicted molar refractivity (Wildman–Crippen MR) is 76.4 cm³/mol. The van der Waals surface area contributed by atoms with Gasteiger partial charge in [0, 0.05) is 12.1 Å².